The third-order valence-corrected chi connectivity index (χ3v) is 3.83. The Morgan fingerprint density at radius 3 is 3.00 bits per heavy atom. The summed E-state index contributed by atoms with van der Waals surface area (Å²) in [5.74, 6) is 2.46. The van der Waals surface area contributed by atoms with Crippen molar-refractivity contribution in [3.8, 4) is 0 Å². The number of anilines is 2. The molecule has 0 aliphatic carbocycles. The molecule has 3 heterocycles. The first kappa shape index (κ1) is 12.9. The zero-order chi connectivity index (χ0) is 13.9. The smallest absolute Gasteiger partial charge is 0.225 e. The second-order valence-electron chi connectivity index (χ2n) is 4.61. The summed E-state index contributed by atoms with van der Waals surface area (Å²) >= 11 is 1.61. The first-order valence-electron chi connectivity index (χ1n) is 6.48. The van der Waals surface area contributed by atoms with Gasteiger partial charge in [-0.15, -0.1) is 11.3 Å². The zero-order valence-corrected chi connectivity index (χ0v) is 12.2. The minimum atomic E-state index is 0.226. The van der Waals surface area contributed by atoms with Crippen molar-refractivity contribution in [3.05, 3.63) is 35.6 Å². The van der Waals surface area contributed by atoms with Crippen LogP contribution in [0.25, 0.3) is 10.2 Å². The summed E-state index contributed by atoms with van der Waals surface area (Å²) in [6.07, 6.45) is 2.51. The molecule has 0 aromatic carbocycles. The van der Waals surface area contributed by atoms with Gasteiger partial charge in [0.25, 0.3) is 0 Å². The number of fused-ring (bicyclic) bond motifs is 1. The van der Waals surface area contributed by atoms with E-state index in [4.69, 9.17) is 4.42 Å². The zero-order valence-electron chi connectivity index (χ0n) is 11.4. The summed E-state index contributed by atoms with van der Waals surface area (Å²) in [7, 11) is 1.82. The fourth-order valence-electron chi connectivity index (χ4n) is 2.09. The van der Waals surface area contributed by atoms with Crippen molar-refractivity contribution in [1.82, 2.24) is 9.97 Å². The molecule has 2 N–H and O–H groups in total. The normalized spacial score (nSPS) is 12.5. The second-order valence-corrected chi connectivity index (χ2v) is 5.51. The Labute approximate surface area is 121 Å². The average Bonchev–Trinajstić information content (AvgIpc) is 3.09. The molecule has 0 amide bonds. The van der Waals surface area contributed by atoms with Crippen LogP contribution in [0.5, 0.6) is 0 Å². The van der Waals surface area contributed by atoms with Crippen molar-refractivity contribution < 1.29 is 4.42 Å². The molecule has 3 aromatic heterocycles. The number of nitrogens with zero attached hydrogens (tertiary/aromatic N) is 2. The van der Waals surface area contributed by atoms with E-state index in [0.717, 1.165) is 28.2 Å². The van der Waals surface area contributed by atoms with Crippen molar-refractivity contribution in [2.75, 3.05) is 17.7 Å². The van der Waals surface area contributed by atoms with E-state index in [1.807, 2.05) is 30.6 Å². The average molecular weight is 288 g/mol. The van der Waals surface area contributed by atoms with Crippen LogP contribution in [0.1, 0.15) is 12.7 Å². The van der Waals surface area contributed by atoms with Gasteiger partial charge in [0.2, 0.25) is 5.95 Å². The maximum atomic E-state index is 5.38. The van der Waals surface area contributed by atoms with Crippen LogP contribution in [0.3, 0.4) is 0 Å². The van der Waals surface area contributed by atoms with Gasteiger partial charge in [0.05, 0.1) is 11.6 Å². The molecule has 3 rings (SSSR count). The van der Waals surface area contributed by atoms with Gasteiger partial charge < -0.3 is 15.1 Å². The maximum Gasteiger partial charge on any atom is 0.225 e. The number of hydrogen-bond acceptors (Lipinski definition) is 6. The number of furan rings is 1. The van der Waals surface area contributed by atoms with Gasteiger partial charge >= 0.3 is 0 Å². The Morgan fingerprint density at radius 2 is 2.25 bits per heavy atom. The summed E-state index contributed by atoms with van der Waals surface area (Å²) in [5, 5.41) is 9.52. The lowest BCUT2D eigenvalue weighted by molar-refractivity contribution is 0.497. The van der Waals surface area contributed by atoms with E-state index < -0.39 is 0 Å². The molecule has 0 saturated heterocycles. The highest BCUT2D eigenvalue weighted by atomic mass is 32.1. The lowest BCUT2D eigenvalue weighted by Gasteiger charge is -2.14. The van der Waals surface area contributed by atoms with Gasteiger partial charge in [-0.25, -0.2) is 4.98 Å². The molecule has 3 aromatic rings. The lowest BCUT2D eigenvalue weighted by Crippen LogP contribution is -2.19. The molecular formula is C14H16N4OS. The Hall–Kier alpha value is -2.08. The molecule has 0 radical (unpaired) electrons. The molecule has 1 atom stereocenters. The van der Waals surface area contributed by atoms with E-state index in [2.05, 4.69) is 27.5 Å². The molecule has 0 aliphatic heterocycles. The number of aromatic nitrogens is 2. The van der Waals surface area contributed by atoms with Crippen molar-refractivity contribution in [2.24, 2.45) is 0 Å². The van der Waals surface area contributed by atoms with Crippen LogP contribution < -0.4 is 10.6 Å². The minimum absolute atomic E-state index is 0.226. The number of nitrogens with one attached hydrogen (secondary N) is 2. The van der Waals surface area contributed by atoms with E-state index in [-0.39, 0.29) is 6.04 Å². The highest BCUT2D eigenvalue weighted by Crippen LogP contribution is 2.27. The SMILES string of the molecule is CNc1nc(NC(C)Cc2ccco2)c2ccsc2n1. The Bertz CT molecular complexity index is 692. The van der Waals surface area contributed by atoms with Crippen molar-refractivity contribution in [1.29, 1.82) is 0 Å². The highest BCUT2D eigenvalue weighted by Gasteiger charge is 2.12. The minimum Gasteiger partial charge on any atom is -0.469 e. The van der Waals surface area contributed by atoms with Gasteiger partial charge in [0, 0.05) is 19.5 Å². The Kier molecular flexibility index (Phi) is 3.56. The van der Waals surface area contributed by atoms with Crippen LogP contribution in [0.4, 0.5) is 11.8 Å². The van der Waals surface area contributed by atoms with E-state index in [1.165, 1.54) is 0 Å². The van der Waals surface area contributed by atoms with E-state index >= 15 is 0 Å². The molecule has 0 saturated carbocycles. The highest BCUT2D eigenvalue weighted by molar-refractivity contribution is 7.16. The van der Waals surface area contributed by atoms with Crippen molar-refractivity contribution in [3.63, 3.8) is 0 Å². The first-order valence-corrected chi connectivity index (χ1v) is 7.36. The van der Waals surface area contributed by atoms with Crippen LogP contribution in [0.2, 0.25) is 0 Å². The van der Waals surface area contributed by atoms with Crippen molar-refractivity contribution >= 4 is 33.3 Å². The number of rotatable bonds is 5. The van der Waals surface area contributed by atoms with Crippen LogP contribution in [-0.2, 0) is 6.42 Å². The molecule has 0 spiro atoms. The monoisotopic (exact) mass is 288 g/mol. The predicted octanol–water partition coefficient (Wildman–Crippen LogP) is 3.37. The van der Waals surface area contributed by atoms with Crippen LogP contribution >= 0.6 is 11.3 Å². The van der Waals surface area contributed by atoms with E-state index in [1.54, 1.807) is 17.6 Å². The van der Waals surface area contributed by atoms with Gasteiger partial charge in [0.1, 0.15) is 16.4 Å². The molecule has 0 bridgehead atoms. The lowest BCUT2D eigenvalue weighted by atomic mass is 10.2. The molecule has 20 heavy (non-hydrogen) atoms. The third-order valence-electron chi connectivity index (χ3n) is 3.02. The standard InChI is InChI=1S/C14H16N4OS/c1-9(8-10-4-3-6-19-10)16-12-11-5-7-20-13(11)18-14(15-2)17-12/h3-7,9H,8H2,1-2H3,(H2,15,16,17,18). The van der Waals surface area contributed by atoms with Crippen LogP contribution in [-0.4, -0.2) is 23.1 Å². The van der Waals surface area contributed by atoms with Gasteiger partial charge in [-0.3, -0.25) is 0 Å². The van der Waals surface area contributed by atoms with Gasteiger partial charge in [-0.2, -0.15) is 4.98 Å². The predicted molar refractivity (Wildman–Crippen MR) is 82.5 cm³/mol. The fourth-order valence-corrected chi connectivity index (χ4v) is 2.86. The summed E-state index contributed by atoms with van der Waals surface area (Å²) in [5.41, 5.74) is 0. The molecule has 0 aliphatic rings. The second kappa shape index (κ2) is 5.50. The first-order chi connectivity index (χ1) is 9.76. The summed E-state index contributed by atoms with van der Waals surface area (Å²) in [4.78, 5) is 9.92. The number of hydrogen-bond donors (Lipinski definition) is 2. The van der Waals surface area contributed by atoms with Crippen molar-refractivity contribution in [2.45, 2.75) is 19.4 Å². The van der Waals surface area contributed by atoms with E-state index in [9.17, 15) is 0 Å². The van der Waals surface area contributed by atoms with Crippen LogP contribution in [0.15, 0.2) is 34.3 Å². The summed E-state index contributed by atoms with van der Waals surface area (Å²) < 4.78 is 5.38. The molecule has 6 heteroatoms. The Morgan fingerprint density at radius 1 is 1.35 bits per heavy atom. The third kappa shape index (κ3) is 2.60. The summed E-state index contributed by atoms with van der Waals surface area (Å²) in [6, 6.07) is 6.16. The molecular weight excluding hydrogens is 272 g/mol. The molecule has 1 unspecified atom stereocenters. The fraction of sp³-hybridized carbons (Fsp3) is 0.286. The van der Waals surface area contributed by atoms with Gasteiger partial charge in [0.15, 0.2) is 0 Å². The summed E-state index contributed by atoms with van der Waals surface area (Å²) in [6.45, 7) is 2.11. The topological polar surface area (TPSA) is 63.0 Å². The van der Waals surface area contributed by atoms with Gasteiger partial charge in [-0.05, 0) is 30.5 Å². The molecule has 104 valence electrons. The van der Waals surface area contributed by atoms with Crippen LogP contribution in [0, 0.1) is 0 Å². The number of thiophene rings is 1. The van der Waals surface area contributed by atoms with E-state index in [0.29, 0.717) is 5.95 Å². The quantitative estimate of drug-likeness (QED) is 0.753. The molecule has 5 nitrogen and oxygen atoms in total. The largest absolute Gasteiger partial charge is 0.469 e. The van der Waals surface area contributed by atoms with Gasteiger partial charge in [-0.1, -0.05) is 0 Å². The Balaban J connectivity index is 1.84. The molecule has 0 fully saturated rings. The maximum absolute atomic E-state index is 5.38.